The smallest absolute Gasteiger partial charge is 0.0912 e. The Morgan fingerprint density at radius 3 is 2.67 bits per heavy atom. The molecule has 0 aromatic rings. The lowest BCUT2D eigenvalue weighted by Crippen LogP contribution is -2.53. The first-order valence-corrected chi connectivity index (χ1v) is 3.45. The van der Waals surface area contributed by atoms with E-state index in [1.807, 2.05) is 0 Å². The number of thiocarbonyl (C=S) groups is 1. The highest BCUT2D eigenvalue weighted by Crippen LogP contribution is 1.85. The predicted molar refractivity (Wildman–Crippen MR) is 41.4 cm³/mol. The molecule has 1 aliphatic heterocycles. The second kappa shape index (κ2) is 3.10. The second-order valence-corrected chi connectivity index (χ2v) is 2.58. The van der Waals surface area contributed by atoms with E-state index in [0.717, 1.165) is 19.6 Å². The van der Waals surface area contributed by atoms with E-state index in [2.05, 4.69) is 10.6 Å². The normalized spacial score (nSPS) is 27.8. The minimum Gasteiger partial charge on any atom is -0.392 e. The molecule has 0 aliphatic carbocycles. The molecule has 1 atom stereocenters. The highest BCUT2D eigenvalue weighted by molar-refractivity contribution is 7.80. The molecule has 1 aliphatic rings. The lowest BCUT2D eigenvalue weighted by Gasteiger charge is -2.22. The molecule has 1 fully saturated rings. The molecule has 3 nitrogen and oxygen atoms in total. The molecule has 4 heteroatoms. The Morgan fingerprint density at radius 2 is 2.33 bits per heavy atom. The first kappa shape index (κ1) is 6.92. The average Bonchev–Trinajstić information content (AvgIpc) is 1.90. The number of piperazine rings is 1. The molecule has 1 saturated heterocycles. The number of nitrogens with one attached hydrogen (secondary N) is 2. The van der Waals surface area contributed by atoms with Crippen LogP contribution in [-0.4, -0.2) is 30.7 Å². The molecule has 1 rings (SSSR count). The van der Waals surface area contributed by atoms with E-state index in [9.17, 15) is 0 Å². The Balaban J connectivity index is 2.31. The minimum absolute atomic E-state index is 0.203. The van der Waals surface area contributed by atoms with E-state index in [4.69, 9.17) is 18.0 Å². The van der Waals surface area contributed by atoms with Gasteiger partial charge in [0.25, 0.3) is 0 Å². The van der Waals surface area contributed by atoms with Crippen molar-refractivity contribution < 1.29 is 0 Å². The van der Waals surface area contributed by atoms with Gasteiger partial charge in [0.1, 0.15) is 0 Å². The predicted octanol–water partition coefficient (Wildman–Crippen LogP) is -1.17. The van der Waals surface area contributed by atoms with E-state index in [-0.39, 0.29) is 6.04 Å². The first-order chi connectivity index (χ1) is 4.30. The molecule has 0 unspecified atom stereocenters. The van der Waals surface area contributed by atoms with Crippen LogP contribution in [0.25, 0.3) is 0 Å². The molecule has 0 radical (unpaired) electrons. The van der Waals surface area contributed by atoms with Crippen molar-refractivity contribution in [2.75, 3.05) is 19.6 Å². The van der Waals surface area contributed by atoms with Crippen LogP contribution in [0.3, 0.4) is 0 Å². The van der Waals surface area contributed by atoms with Crippen molar-refractivity contribution in [3.05, 3.63) is 0 Å². The van der Waals surface area contributed by atoms with Crippen LogP contribution in [0.4, 0.5) is 0 Å². The van der Waals surface area contributed by atoms with Crippen LogP contribution in [0.2, 0.25) is 0 Å². The van der Waals surface area contributed by atoms with Gasteiger partial charge < -0.3 is 16.4 Å². The fraction of sp³-hybridized carbons (Fsp3) is 0.800. The van der Waals surface area contributed by atoms with Crippen molar-refractivity contribution in [3.63, 3.8) is 0 Å². The van der Waals surface area contributed by atoms with Gasteiger partial charge in [-0.15, -0.1) is 0 Å². The van der Waals surface area contributed by atoms with E-state index < -0.39 is 0 Å². The quantitative estimate of drug-likeness (QED) is 0.407. The number of hydrogen-bond donors (Lipinski definition) is 3. The fourth-order valence-corrected chi connectivity index (χ4v) is 1.02. The first-order valence-electron chi connectivity index (χ1n) is 3.04. The molecule has 0 aromatic heterocycles. The summed E-state index contributed by atoms with van der Waals surface area (Å²) in [5.74, 6) is 0. The summed E-state index contributed by atoms with van der Waals surface area (Å²) in [5, 5.41) is 6.38. The molecular weight excluding hydrogens is 134 g/mol. The van der Waals surface area contributed by atoms with Crippen molar-refractivity contribution in [3.8, 4) is 0 Å². The summed E-state index contributed by atoms with van der Waals surface area (Å²) in [6.07, 6.45) is 0. The molecule has 9 heavy (non-hydrogen) atoms. The SMILES string of the molecule is NC(=S)[C@H]1CNCCN1. The monoisotopic (exact) mass is 145 g/mol. The molecular formula is C5H11N3S. The highest BCUT2D eigenvalue weighted by atomic mass is 32.1. The molecule has 0 spiro atoms. The third-order valence-electron chi connectivity index (χ3n) is 1.38. The van der Waals surface area contributed by atoms with Crippen LogP contribution >= 0.6 is 12.2 Å². The van der Waals surface area contributed by atoms with Gasteiger partial charge in [0.05, 0.1) is 11.0 Å². The van der Waals surface area contributed by atoms with Gasteiger partial charge in [-0.2, -0.15) is 0 Å². The van der Waals surface area contributed by atoms with E-state index in [1.165, 1.54) is 0 Å². The lowest BCUT2D eigenvalue weighted by molar-refractivity contribution is 0.489. The van der Waals surface area contributed by atoms with Crippen molar-refractivity contribution in [2.45, 2.75) is 6.04 Å². The fourth-order valence-electron chi connectivity index (χ4n) is 0.855. The summed E-state index contributed by atoms with van der Waals surface area (Å²) < 4.78 is 0. The van der Waals surface area contributed by atoms with Gasteiger partial charge in [-0.25, -0.2) is 0 Å². The largest absolute Gasteiger partial charge is 0.392 e. The van der Waals surface area contributed by atoms with Crippen molar-refractivity contribution in [2.24, 2.45) is 5.73 Å². The number of hydrogen-bond acceptors (Lipinski definition) is 3. The highest BCUT2D eigenvalue weighted by Gasteiger charge is 2.12. The number of rotatable bonds is 1. The van der Waals surface area contributed by atoms with Crippen LogP contribution in [-0.2, 0) is 0 Å². The Bertz CT molecular complexity index is 109. The van der Waals surface area contributed by atoms with Gasteiger partial charge >= 0.3 is 0 Å². The van der Waals surface area contributed by atoms with Crippen LogP contribution in [0.5, 0.6) is 0 Å². The van der Waals surface area contributed by atoms with Crippen LogP contribution in [0.15, 0.2) is 0 Å². The summed E-state index contributed by atoms with van der Waals surface area (Å²) in [6, 6.07) is 0.203. The van der Waals surface area contributed by atoms with Crippen LogP contribution in [0, 0.1) is 0 Å². The lowest BCUT2D eigenvalue weighted by atomic mass is 10.2. The average molecular weight is 145 g/mol. The molecule has 0 amide bonds. The van der Waals surface area contributed by atoms with E-state index in [0.29, 0.717) is 4.99 Å². The zero-order valence-electron chi connectivity index (χ0n) is 5.18. The topological polar surface area (TPSA) is 50.1 Å². The van der Waals surface area contributed by atoms with Crippen molar-refractivity contribution in [1.29, 1.82) is 0 Å². The Kier molecular flexibility index (Phi) is 2.38. The van der Waals surface area contributed by atoms with E-state index >= 15 is 0 Å². The maximum Gasteiger partial charge on any atom is 0.0912 e. The number of nitrogens with two attached hydrogens (primary N) is 1. The Labute approximate surface area is 60.0 Å². The maximum absolute atomic E-state index is 5.40. The third kappa shape index (κ3) is 1.89. The molecule has 1 heterocycles. The minimum atomic E-state index is 0.203. The van der Waals surface area contributed by atoms with E-state index in [1.54, 1.807) is 0 Å². The van der Waals surface area contributed by atoms with Crippen molar-refractivity contribution in [1.82, 2.24) is 10.6 Å². The zero-order valence-corrected chi connectivity index (χ0v) is 6.00. The van der Waals surface area contributed by atoms with Crippen molar-refractivity contribution >= 4 is 17.2 Å². The maximum atomic E-state index is 5.40. The summed E-state index contributed by atoms with van der Waals surface area (Å²) in [6.45, 7) is 2.84. The van der Waals surface area contributed by atoms with Crippen LogP contribution < -0.4 is 16.4 Å². The van der Waals surface area contributed by atoms with Gasteiger partial charge in [0.2, 0.25) is 0 Å². The molecule has 0 bridgehead atoms. The summed E-state index contributed by atoms with van der Waals surface area (Å²) in [5.41, 5.74) is 5.40. The summed E-state index contributed by atoms with van der Waals surface area (Å²) in [7, 11) is 0. The third-order valence-corrected chi connectivity index (χ3v) is 1.67. The summed E-state index contributed by atoms with van der Waals surface area (Å²) in [4.78, 5) is 0.558. The standard InChI is InChI=1S/C5H11N3S/c6-5(9)4-3-7-1-2-8-4/h4,7-8H,1-3H2,(H2,6,9)/t4-/m1/s1. The molecule has 4 N–H and O–H groups in total. The second-order valence-electron chi connectivity index (χ2n) is 2.11. The Hall–Kier alpha value is -0.190. The van der Waals surface area contributed by atoms with Gasteiger partial charge in [-0.05, 0) is 0 Å². The van der Waals surface area contributed by atoms with Gasteiger partial charge in [0.15, 0.2) is 0 Å². The molecule has 0 saturated carbocycles. The molecule has 52 valence electrons. The van der Waals surface area contributed by atoms with Gasteiger partial charge in [-0.3, -0.25) is 0 Å². The van der Waals surface area contributed by atoms with Crippen LogP contribution in [0.1, 0.15) is 0 Å². The molecule has 0 aromatic carbocycles. The van der Waals surface area contributed by atoms with Gasteiger partial charge in [0, 0.05) is 19.6 Å². The Morgan fingerprint density at radius 1 is 1.56 bits per heavy atom. The zero-order chi connectivity index (χ0) is 6.69. The van der Waals surface area contributed by atoms with Gasteiger partial charge in [-0.1, -0.05) is 12.2 Å². The summed E-state index contributed by atoms with van der Waals surface area (Å²) >= 11 is 4.79.